The molecule has 0 unspecified atom stereocenters. The molecule has 0 bridgehead atoms. The van der Waals surface area contributed by atoms with Gasteiger partial charge in [0.25, 0.3) is 5.91 Å². The lowest BCUT2D eigenvalue weighted by molar-refractivity contribution is 0.0922. The summed E-state index contributed by atoms with van der Waals surface area (Å²) in [5, 5.41) is 2.76. The van der Waals surface area contributed by atoms with Crippen LogP contribution in [0.2, 0.25) is 0 Å². The third-order valence-electron chi connectivity index (χ3n) is 2.14. The van der Waals surface area contributed by atoms with Crippen molar-refractivity contribution in [1.82, 2.24) is 10.3 Å². The lowest BCUT2D eigenvalue weighted by Crippen LogP contribution is -2.22. The first kappa shape index (κ1) is 10.4. The number of aromatic nitrogens is 1. The summed E-state index contributed by atoms with van der Waals surface area (Å²) in [6, 6.07) is 9.70. The van der Waals surface area contributed by atoms with Gasteiger partial charge in [0.15, 0.2) is 5.89 Å². The van der Waals surface area contributed by atoms with Gasteiger partial charge in [-0.25, -0.2) is 4.98 Å². The molecule has 0 spiro atoms. The molecule has 0 saturated heterocycles. The molecule has 4 heteroatoms. The topological polar surface area (TPSA) is 55.1 Å². The summed E-state index contributed by atoms with van der Waals surface area (Å²) in [6.45, 7) is 2.19. The van der Waals surface area contributed by atoms with Gasteiger partial charge in [-0.05, 0) is 5.56 Å². The maximum atomic E-state index is 11.6. The zero-order chi connectivity index (χ0) is 11.4. The number of benzene rings is 1. The van der Waals surface area contributed by atoms with Crippen LogP contribution in [0.5, 0.6) is 0 Å². The summed E-state index contributed by atoms with van der Waals surface area (Å²) in [5.41, 5.74) is 1.05. The van der Waals surface area contributed by atoms with Gasteiger partial charge in [-0.1, -0.05) is 30.3 Å². The summed E-state index contributed by atoms with van der Waals surface area (Å²) in [6.07, 6.45) is 1.43. The Bertz CT molecular complexity index is 477. The van der Waals surface area contributed by atoms with E-state index in [2.05, 4.69) is 10.3 Å². The molecule has 0 saturated carbocycles. The molecule has 2 rings (SSSR count). The first-order valence-corrected chi connectivity index (χ1v) is 5.00. The lowest BCUT2D eigenvalue weighted by atomic mass is 10.2. The molecule has 0 aliphatic rings. The van der Waals surface area contributed by atoms with Crippen molar-refractivity contribution in [3.05, 3.63) is 53.7 Å². The molecular weight excluding hydrogens is 204 g/mol. The van der Waals surface area contributed by atoms with Gasteiger partial charge in [0.2, 0.25) is 5.76 Å². The predicted molar refractivity (Wildman–Crippen MR) is 58.9 cm³/mol. The molecule has 82 valence electrons. The summed E-state index contributed by atoms with van der Waals surface area (Å²) >= 11 is 0. The second-order valence-electron chi connectivity index (χ2n) is 3.41. The van der Waals surface area contributed by atoms with Crippen LogP contribution in [0.3, 0.4) is 0 Å². The Hall–Kier alpha value is -2.10. The third-order valence-corrected chi connectivity index (χ3v) is 2.14. The molecule has 16 heavy (non-hydrogen) atoms. The molecule has 1 aromatic carbocycles. The molecule has 0 atom stereocenters. The zero-order valence-corrected chi connectivity index (χ0v) is 8.93. The molecule has 0 radical (unpaired) electrons. The van der Waals surface area contributed by atoms with Crippen molar-refractivity contribution < 1.29 is 9.21 Å². The van der Waals surface area contributed by atoms with Gasteiger partial charge in [-0.2, -0.15) is 0 Å². The number of oxazole rings is 1. The summed E-state index contributed by atoms with van der Waals surface area (Å²) in [4.78, 5) is 15.5. The Morgan fingerprint density at radius 1 is 1.38 bits per heavy atom. The highest BCUT2D eigenvalue weighted by molar-refractivity contribution is 5.91. The molecule has 1 aromatic heterocycles. The average Bonchev–Trinajstić information content (AvgIpc) is 2.74. The Morgan fingerprint density at radius 3 is 2.75 bits per heavy atom. The first-order valence-electron chi connectivity index (χ1n) is 5.00. The van der Waals surface area contributed by atoms with E-state index >= 15 is 0 Å². The van der Waals surface area contributed by atoms with E-state index in [1.807, 2.05) is 30.3 Å². The molecule has 1 heterocycles. The van der Waals surface area contributed by atoms with Crippen molar-refractivity contribution in [3.63, 3.8) is 0 Å². The van der Waals surface area contributed by atoms with E-state index in [1.165, 1.54) is 6.20 Å². The quantitative estimate of drug-likeness (QED) is 0.852. The minimum Gasteiger partial charge on any atom is -0.436 e. The van der Waals surface area contributed by atoms with Crippen molar-refractivity contribution >= 4 is 5.91 Å². The molecule has 4 nitrogen and oxygen atoms in total. The number of rotatable bonds is 3. The Balaban J connectivity index is 1.94. The van der Waals surface area contributed by atoms with Crippen LogP contribution in [0.25, 0.3) is 0 Å². The second-order valence-corrected chi connectivity index (χ2v) is 3.41. The number of hydrogen-bond donors (Lipinski definition) is 1. The van der Waals surface area contributed by atoms with Gasteiger partial charge < -0.3 is 9.73 Å². The van der Waals surface area contributed by atoms with E-state index in [4.69, 9.17) is 4.42 Å². The fourth-order valence-corrected chi connectivity index (χ4v) is 1.33. The number of carbonyl (C=O) groups excluding carboxylic acids is 1. The zero-order valence-electron chi connectivity index (χ0n) is 8.93. The number of aryl methyl sites for hydroxylation is 1. The Morgan fingerprint density at radius 2 is 2.12 bits per heavy atom. The van der Waals surface area contributed by atoms with Crippen LogP contribution in [-0.2, 0) is 6.54 Å². The van der Waals surface area contributed by atoms with Crippen LogP contribution in [0.1, 0.15) is 22.0 Å². The largest absolute Gasteiger partial charge is 0.436 e. The van der Waals surface area contributed by atoms with Crippen LogP contribution in [0.15, 0.2) is 40.9 Å². The second kappa shape index (κ2) is 4.61. The summed E-state index contributed by atoms with van der Waals surface area (Å²) < 4.78 is 5.11. The summed E-state index contributed by atoms with van der Waals surface area (Å²) in [7, 11) is 0. The van der Waals surface area contributed by atoms with Gasteiger partial charge >= 0.3 is 0 Å². The third kappa shape index (κ3) is 2.48. The van der Waals surface area contributed by atoms with Crippen LogP contribution < -0.4 is 5.32 Å². The van der Waals surface area contributed by atoms with Crippen molar-refractivity contribution in [2.24, 2.45) is 0 Å². The van der Waals surface area contributed by atoms with E-state index < -0.39 is 0 Å². The van der Waals surface area contributed by atoms with Gasteiger partial charge in [0, 0.05) is 13.5 Å². The van der Waals surface area contributed by atoms with E-state index in [1.54, 1.807) is 6.92 Å². The maximum Gasteiger partial charge on any atom is 0.288 e. The molecular formula is C12H12N2O2. The monoisotopic (exact) mass is 216 g/mol. The highest BCUT2D eigenvalue weighted by Gasteiger charge is 2.09. The van der Waals surface area contributed by atoms with E-state index in [0.29, 0.717) is 12.4 Å². The smallest absolute Gasteiger partial charge is 0.288 e. The van der Waals surface area contributed by atoms with E-state index in [0.717, 1.165) is 5.56 Å². The first-order chi connectivity index (χ1) is 7.75. The normalized spacial score (nSPS) is 10.1. The van der Waals surface area contributed by atoms with Crippen molar-refractivity contribution in [2.75, 3.05) is 0 Å². The Kier molecular flexibility index (Phi) is 3.00. The van der Waals surface area contributed by atoms with Gasteiger partial charge in [0.1, 0.15) is 0 Å². The van der Waals surface area contributed by atoms with Crippen LogP contribution >= 0.6 is 0 Å². The van der Waals surface area contributed by atoms with Crippen molar-refractivity contribution in [1.29, 1.82) is 0 Å². The van der Waals surface area contributed by atoms with E-state index in [9.17, 15) is 4.79 Å². The number of nitrogens with zero attached hydrogens (tertiary/aromatic N) is 1. The van der Waals surface area contributed by atoms with Crippen molar-refractivity contribution in [3.8, 4) is 0 Å². The molecule has 0 aliphatic carbocycles. The van der Waals surface area contributed by atoms with Gasteiger partial charge in [0.05, 0.1) is 6.20 Å². The maximum absolute atomic E-state index is 11.6. The fraction of sp³-hybridized carbons (Fsp3) is 0.167. The lowest BCUT2D eigenvalue weighted by Gasteiger charge is -2.02. The van der Waals surface area contributed by atoms with Crippen molar-refractivity contribution in [2.45, 2.75) is 13.5 Å². The SMILES string of the molecule is Cc1ncc(C(=O)NCc2ccccc2)o1. The highest BCUT2D eigenvalue weighted by Crippen LogP contribution is 2.03. The minimum atomic E-state index is -0.246. The molecule has 0 aliphatic heterocycles. The highest BCUT2D eigenvalue weighted by atomic mass is 16.4. The van der Waals surface area contributed by atoms with Gasteiger partial charge in [-0.3, -0.25) is 4.79 Å². The predicted octanol–water partition coefficient (Wildman–Crippen LogP) is 1.91. The number of amides is 1. The Labute approximate surface area is 93.3 Å². The van der Waals surface area contributed by atoms with E-state index in [-0.39, 0.29) is 11.7 Å². The molecule has 0 fully saturated rings. The minimum absolute atomic E-state index is 0.244. The average molecular weight is 216 g/mol. The standard InChI is InChI=1S/C12H12N2O2/c1-9-13-8-11(16-9)12(15)14-7-10-5-3-2-4-6-10/h2-6,8H,7H2,1H3,(H,14,15). The summed E-state index contributed by atoms with van der Waals surface area (Å²) in [5.74, 6) is 0.489. The molecule has 1 N–H and O–H groups in total. The number of hydrogen-bond acceptors (Lipinski definition) is 3. The fourth-order valence-electron chi connectivity index (χ4n) is 1.33. The van der Waals surface area contributed by atoms with Crippen LogP contribution in [0, 0.1) is 6.92 Å². The van der Waals surface area contributed by atoms with Gasteiger partial charge in [-0.15, -0.1) is 0 Å². The van der Waals surface area contributed by atoms with Crippen LogP contribution in [-0.4, -0.2) is 10.9 Å². The molecule has 1 amide bonds. The number of nitrogens with one attached hydrogen (secondary N) is 1. The van der Waals surface area contributed by atoms with Crippen LogP contribution in [0.4, 0.5) is 0 Å². The molecule has 2 aromatic rings. The number of carbonyl (C=O) groups is 1.